The molecule has 0 saturated carbocycles. The largest absolute Gasteiger partial charge is 0.508 e. The van der Waals surface area contributed by atoms with Crippen molar-refractivity contribution in [1.29, 1.82) is 0 Å². The summed E-state index contributed by atoms with van der Waals surface area (Å²) < 4.78 is 11.1. The van der Waals surface area contributed by atoms with E-state index in [-0.39, 0.29) is 62.5 Å². The average Bonchev–Trinajstić information content (AvgIpc) is 3.69. The van der Waals surface area contributed by atoms with E-state index >= 15 is 0 Å². The molecule has 262 valence electrons. The topological polar surface area (TPSA) is 172 Å². The van der Waals surface area contributed by atoms with E-state index in [9.17, 15) is 29.1 Å². The van der Waals surface area contributed by atoms with E-state index in [1.54, 1.807) is 53.4 Å². The quantitative estimate of drug-likeness (QED) is 0.222. The van der Waals surface area contributed by atoms with E-state index in [0.717, 1.165) is 21.8 Å². The number of halogens is 1. The Bertz CT molecular complexity index is 1630. The third-order valence-corrected chi connectivity index (χ3v) is 9.11. The molecule has 49 heavy (non-hydrogen) atoms. The summed E-state index contributed by atoms with van der Waals surface area (Å²) in [5.41, 5.74) is 8.06. The van der Waals surface area contributed by atoms with Crippen LogP contribution in [0.4, 0.5) is 16.2 Å². The number of phenolic OH excluding ortho intramolecular Hbond substituents is 1. The van der Waals surface area contributed by atoms with Gasteiger partial charge in [-0.15, -0.1) is 11.3 Å². The molecule has 0 spiro atoms. The minimum Gasteiger partial charge on any atom is -0.508 e. The number of nitrogens with zero attached hydrogens (tertiary/aromatic N) is 3. The fraction of sp³-hybridized carbons (Fsp3) is 0.382. The monoisotopic (exact) mass is 713 g/mol. The number of phenols is 1. The van der Waals surface area contributed by atoms with Crippen molar-refractivity contribution in [2.24, 2.45) is 5.73 Å². The Kier molecular flexibility index (Phi) is 13.1. The van der Waals surface area contributed by atoms with Crippen LogP contribution in [-0.4, -0.2) is 91.3 Å². The first-order chi connectivity index (χ1) is 23.1. The lowest BCUT2D eigenvalue weighted by Gasteiger charge is -2.27. The van der Waals surface area contributed by atoms with Crippen LogP contribution in [0.25, 0.3) is 0 Å². The molecule has 2 aromatic carbocycles. The summed E-state index contributed by atoms with van der Waals surface area (Å²) in [5, 5.41) is 12.2. The minimum absolute atomic E-state index is 0. The molecule has 5 rings (SSSR count). The molecule has 0 bridgehead atoms. The summed E-state index contributed by atoms with van der Waals surface area (Å²) in [4.78, 5) is 68.7. The molecular formula is C34H40ClN5O8S. The molecule has 4 N–H and O–H groups in total. The number of imide groups is 1. The molecule has 2 aliphatic heterocycles. The standard InChI is InChI=1S/C33H36ClN5O8S.CH4/c34-28-13-12-27(48-28)32(44)39(29(41)3-1-2-14-36-31(43)26(35)17-21-4-10-24(40)11-5-21)19-25-18-38(33(45)47-25)23-8-6-22(7-9-23)37-15-16-46-20-30(37)42;/h4-13,25-26,40H,1-3,14-20,35H2,(H,36,43);1H4/t25-,26+;/m1./s1. The van der Waals surface area contributed by atoms with Crippen molar-refractivity contribution in [3.63, 3.8) is 0 Å². The zero-order valence-electron chi connectivity index (χ0n) is 26.0. The van der Waals surface area contributed by atoms with Gasteiger partial charge in [0.2, 0.25) is 11.8 Å². The van der Waals surface area contributed by atoms with Crippen LogP contribution in [0.1, 0.15) is 41.9 Å². The third-order valence-electron chi connectivity index (χ3n) is 7.89. The molecule has 3 heterocycles. The number of amides is 5. The number of rotatable bonds is 13. The predicted molar refractivity (Wildman–Crippen MR) is 186 cm³/mol. The van der Waals surface area contributed by atoms with Crippen LogP contribution in [0.5, 0.6) is 5.75 Å². The van der Waals surface area contributed by atoms with Crippen LogP contribution in [0.2, 0.25) is 4.34 Å². The number of hydrogen-bond donors (Lipinski definition) is 3. The maximum Gasteiger partial charge on any atom is 0.414 e. The van der Waals surface area contributed by atoms with Gasteiger partial charge in [-0.25, -0.2) is 4.79 Å². The smallest absolute Gasteiger partial charge is 0.414 e. The van der Waals surface area contributed by atoms with E-state index in [1.807, 2.05) is 0 Å². The van der Waals surface area contributed by atoms with E-state index in [1.165, 1.54) is 17.0 Å². The molecule has 2 saturated heterocycles. The summed E-state index contributed by atoms with van der Waals surface area (Å²) >= 11 is 7.10. The van der Waals surface area contributed by atoms with Gasteiger partial charge < -0.3 is 30.5 Å². The van der Waals surface area contributed by atoms with Crippen LogP contribution >= 0.6 is 22.9 Å². The average molecular weight is 714 g/mol. The molecular weight excluding hydrogens is 674 g/mol. The van der Waals surface area contributed by atoms with Crippen molar-refractivity contribution in [2.75, 3.05) is 49.2 Å². The van der Waals surface area contributed by atoms with E-state index < -0.39 is 30.1 Å². The van der Waals surface area contributed by atoms with Crippen LogP contribution in [-0.2, 0) is 30.3 Å². The molecule has 0 radical (unpaired) electrons. The van der Waals surface area contributed by atoms with Crippen LogP contribution in [0.3, 0.4) is 0 Å². The maximum absolute atomic E-state index is 13.4. The predicted octanol–water partition coefficient (Wildman–Crippen LogP) is 3.96. The van der Waals surface area contributed by atoms with Gasteiger partial charge in [0.25, 0.3) is 11.8 Å². The van der Waals surface area contributed by atoms with Crippen molar-refractivity contribution < 1.29 is 38.6 Å². The van der Waals surface area contributed by atoms with Crippen molar-refractivity contribution in [3.8, 4) is 5.75 Å². The number of unbranched alkanes of at least 4 members (excludes halogenated alkanes) is 1. The normalized spacial score (nSPS) is 16.5. The fourth-order valence-electron chi connectivity index (χ4n) is 5.35. The first-order valence-corrected chi connectivity index (χ1v) is 16.7. The number of carbonyl (C=O) groups is 5. The molecule has 13 nitrogen and oxygen atoms in total. The summed E-state index contributed by atoms with van der Waals surface area (Å²) in [5.74, 6) is -1.35. The summed E-state index contributed by atoms with van der Waals surface area (Å²) in [6.07, 6.45) is -0.223. The van der Waals surface area contributed by atoms with Gasteiger partial charge in [0, 0.05) is 30.9 Å². The van der Waals surface area contributed by atoms with Crippen LogP contribution in [0.15, 0.2) is 60.7 Å². The second-order valence-corrected chi connectivity index (χ2v) is 13.1. The number of morpholine rings is 1. The third kappa shape index (κ3) is 9.79. The highest BCUT2D eigenvalue weighted by molar-refractivity contribution is 7.18. The van der Waals surface area contributed by atoms with Gasteiger partial charge in [-0.05, 0) is 73.4 Å². The molecule has 5 amide bonds. The van der Waals surface area contributed by atoms with Gasteiger partial charge in [0.05, 0.1) is 35.0 Å². The number of nitrogens with two attached hydrogens (primary N) is 1. The van der Waals surface area contributed by atoms with E-state index in [4.69, 9.17) is 26.8 Å². The molecule has 1 aromatic heterocycles. The Morgan fingerprint density at radius 2 is 1.71 bits per heavy atom. The van der Waals surface area contributed by atoms with Crippen LogP contribution < -0.4 is 20.9 Å². The van der Waals surface area contributed by atoms with Crippen LogP contribution in [0, 0.1) is 0 Å². The van der Waals surface area contributed by atoms with Crippen molar-refractivity contribution in [2.45, 2.75) is 45.3 Å². The molecule has 2 fully saturated rings. The first-order valence-electron chi connectivity index (χ1n) is 15.5. The fourth-order valence-corrected chi connectivity index (χ4v) is 6.34. The van der Waals surface area contributed by atoms with E-state index in [2.05, 4.69) is 5.32 Å². The highest BCUT2D eigenvalue weighted by Gasteiger charge is 2.36. The molecule has 3 aromatic rings. The Labute approximate surface area is 293 Å². The second kappa shape index (κ2) is 17.2. The second-order valence-electron chi connectivity index (χ2n) is 11.4. The number of ether oxygens (including phenoxy) is 2. The number of hydrogen-bond acceptors (Lipinski definition) is 10. The maximum atomic E-state index is 13.4. The van der Waals surface area contributed by atoms with Gasteiger partial charge in [-0.2, -0.15) is 0 Å². The lowest BCUT2D eigenvalue weighted by molar-refractivity contribution is -0.129. The number of carbonyl (C=O) groups excluding carboxylic acids is 5. The molecule has 0 aliphatic carbocycles. The molecule has 2 aliphatic rings. The lowest BCUT2D eigenvalue weighted by Crippen LogP contribution is -2.43. The number of thiophene rings is 1. The molecule has 2 atom stereocenters. The lowest BCUT2D eigenvalue weighted by atomic mass is 10.1. The summed E-state index contributed by atoms with van der Waals surface area (Å²) in [6, 6.07) is 15.7. The Balaban J connectivity index is 0.00000541. The zero-order valence-corrected chi connectivity index (χ0v) is 27.6. The SMILES string of the molecule is C.N[C@@H](Cc1ccc(O)cc1)C(=O)NCCCCC(=O)N(C[C@H]1CN(c2ccc(N3CCOCC3=O)cc2)C(=O)O1)C(=O)c1ccc(Cl)s1. The van der Waals surface area contributed by atoms with Crippen molar-refractivity contribution >= 4 is 64.0 Å². The van der Waals surface area contributed by atoms with E-state index in [0.29, 0.717) is 48.1 Å². The Morgan fingerprint density at radius 3 is 2.37 bits per heavy atom. The van der Waals surface area contributed by atoms with Gasteiger partial charge in [0.15, 0.2) is 0 Å². The van der Waals surface area contributed by atoms with Gasteiger partial charge in [-0.1, -0.05) is 31.2 Å². The molecule has 0 unspecified atom stereocenters. The number of aromatic hydroxyl groups is 1. The minimum atomic E-state index is -0.782. The highest BCUT2D eigenvalue weighted by atomic mass is 35.5. The Hall–Kier alpha value is -4.50. The van der Waals surface area contributed by atoms with Gasteiger partial charge in [0.1, 0.15) is 18.5 Å². The number of cyclic esters (lactones) is 1. The molecule has 15 heteroatoms. The first kappa shape index (κ1) is 37.3. The van der Waals surface area contributed by atoms with Crippen molar-refractivity contribution in [3.05, 3.63) is 75.4 Å². The summed E-state index contributed by atoms with van der Waals surface area (Å²) in [7, 11) is 0. The summed E-state index contributed by atoms with van der Waals surface area (Å²) in [6.45, 7) is 1.13. The van der Waals surface area contributed by atoms with Gasteiger partial charge in [-0.3, -0.25) is 29.0 Å². The van der Waals surface area contributed by atoms with Crippen molar-refractivity contribution in [1.82, 2.24) is 10.2 Å². The van der Waals surface area contributed by atoms with Gasteiger partial charge >= 0.3 is 6.09 Å². The number of benzene rings is 2. The Morgan fingerprint density at radius 1 is 1.02 bits per heavy atom. The highest BCUT2D eigenvalue weighted by Crippen LogP contribution is 2.28. The number of nitrogens with one attached hydrogen (secondary N) is 1. The zero-order chi connectivity index (χ0) is 34.2. The number of anilines is 2.